The molecule has 0 heterocycles. The third-order valence-corrected chi connectivity index (χ3v) is 2.25. The number of benzene rings is 1. The molecule has 1 rings (SSSR count). The molecule has 0 saturated heterocycles. The second-order valence-corrected chi connectivity index (χ2v) is 4.41. The molecular formula is C8H8ClNO4S. The van der Waals surface area contributed by atoms with Crippen molar-refractivity contribution in [2.24, 2.45) is 5.14 Å². The molecule has 0 radical (unpaired) electrons. The Kier molecular flexibility index (Phi) is 3.33. The van der Waals surface area contributed by atoms with Crippen molar-refractivity contribution in [1.29, 1.82) is 0 Å². The SMILES string of the molecule is Cc1ccc(Cl)c(C(=O)OS(N)(=O)=O)c1. The Labute approximate surface area is 92.0 Å². The minimum atomic E-state index is -4.31. The zero-order chi connectivity index (χ0) is 11.6. The molecule has 15 heavy (non-hydrogen) atoms. The summed E-state index contributed by atoms with van der Waals surface area (Å²) in [6, 6.07) is 4.56. The predicted molar refractivity (Wildman–Crippen MR) is 54.7 cm³/mol. The number of rotatable bonds is 2. The Morgan fingerprint density at radius 1 is 1.47 bits per heavy atom. The highest BCUT2D eigenvalue weighted by Gasteiger charge is 2.17. The van der Waals surface area contributed by atoms with E-state index in [1.54, 1.807) is 13.0 Å². The summed E-state index contributed by atoms with van der Waals surface area (Å²) in [6.07, 6.45) is 0. The maximum Gasteiger partial charge on any atom is 0.382 e. The molecule has 1 aromatic rings. The number of nitrogens with two attached hydrogens (primary N) is 1. The van der Waals surface area contributed by atoms with Crippen LogP contribution in [0.2, 0.25) is 5.02 Å². The van der Waals surface area contributed by atoms with Crippen molar-refractivity contribution in [3.05, 3.63) is 34.3 Å². The van der Waals surface area contributed by atoms with Gasteiger partial charge in [0.05, 0.1) is 10.6 Å². The zero-order valence-corrected chi connectivity index (χ0v) is 9.30. The lowest BCUT2D eigenvalue weighted by molar-refractivity contribution is 0.0747. The Hall–Kier alpha value is -1.11. The summed E-state index contributed by atoms with van der Waals surface area (Å²) in [5.41, 5.74) is 0.714. The molecule has 0 aliphatic carbocycles. The summed E-state index contributed by atoms with van der Waals surface area (Å²) in [6.45, 7) is 1.73. The average molecular weight is 250 g/mol. The van der Waals surface area contributed by atoms with Gasteiger partial charge in [0.25, 0.3) is 0 Å². The molecule has 2 N–H and O–H groups in total. The molecule has 82 valence electrons. The van der Waals surface area contributed by atoms with Crippen molar-refractivity contribution in [3.8, 4) is 0 Å². The molecule has 0 saturated carbocycles. The Morgan fingerprint density at radius 2 is 2.07 bits per heavy atom. The van der Waals surface area contributed by atoms with Gasteiger partial charge in [-0.2, -0.15) is 13.6 Å². The summed E-state index contributed by atoms with van der Waals surface area (Å²) in [5, 5.41) is 4.65. The van der Waals surface area contributed by atoms with Gasteiger partial charge < -0.3 is 4.18 Å². The van der Waals surface area contributed by atoms with Gasteiger partial charge in [-0.3, -0.25) is 0 Å². The normalized spacial score (nSPS) is 11.1. The van der Waals surface area contributed by atoms with Crippen LogP contribution in [-0.2, 0) is 14.5 Å². The van der Waals surface area contributed by atoms with E-state index < -0.39 is 16.3 Å². The first kappa shape index (κ1) is 12.0. The fourth-order valence-electron chi connectivity index (χ4n) is 0.946. The van der Waals surface area contributed by atoms with Crippen LogP contribution in [0.25, 0.3) is 0 Å². The molecule has 0 atom stereocenters. The molecule has 1 aromatic carbocycles. The standard InChI is InChI=1S/C8H8ClNO4S/c1-5-2-3-7(9)6(4-5)8(11)14-15(10,12)13/h2-4H,1H3,(H2,10,12,13). The third-order valence-electron chi connectivity index (χ3n) is 1.53. The van der Waals surface area contributed by atoms with Gasteiger partial charge in [0.2, 0.25) is 0 Å². The fraction of sp³-hybridized carbons (Fsp3) is 0.125. The van der Waals surface area contributed by atoms with Crippen molar-refractivity contribution < 1.29 is 17.4 Å². The minimum absolute atomic E-state index is 0.0364. The summed E-state index contributed by atoms with van der Waals surface area (Å²) in [7, 11) is -4.31. The van der Waals surface area contributed by atoms with Crippen molar-refractivity contribution in [2.45, 2.75) is 6.92 Å². The summed E-state index contributed by atoms with van der Waals surface area (Å²) in [5.74, 6) is -1.09. The lowest BCUT2D eigenvalue weighted by atomic mass is 10.1. The van der Waals surface area contributed by atoms with Gasteiger partial charge in [0.15, 0.2) is 0 Å². The van der Waals surface area contributed by atoms with Crippen LogP contribution in [0.15, 0.2) is 18.2 Å². The number of halogens is 1. The number of carbonyl (C=O) groups is 1. The average Bonchev–Trinajstić information content (AvgIpc) is 2.06. The van der Waals surface area contributed by atoms with E-state index in [9.17, 15) is 13.2 Å². The highest BCUT2D eigenvalue weighted by molar-refractivity contribution is 7.84. The molecule has 0 aliphatic rings. The van der Waals surface area contributed by atoms with Gasteiger partial charge in [-0.05, 0) is 19.1 Å². The molecule has 0 aliphatic heterocycles. The molecule has 7 heteroatoms. The minimum Gasteiger partial charge on any atom is -0.330 e. The van der Waals surface area contributed by atoms with Crippen molar-refractivity contribution in [2.75, 3.05) is 0 Å². The van der Waals surface area contributed by atoms with E-state index in [0.29, 0.717) is 0 Å². The molecule has 0 unspecified atom stereocenters. The topological polar surface area (TPSA) is 86.5 Å². The van der Waals surface area contributed by atoms with E-state index in [2.05, 4.69) is 9.32 Å². The number of aryl methyl sites for hydroxylation is 1. The first-order valence-corrected chi connectivity index (χ1v) is 5.67. The van der Waals surface area contributed by atoms with Crippen LogP contribution in [0, 0.1) is 6.92 Å². The Balaban J connectivity index is 3.06. The van der Waals surface area contributed by atoms with Crippen LogP contribution in [0.5, 0.6) is 0 Å². The van der Waals surface area contributed by atoms with E-state index >= 15 is 0 Å². The van der Waals surface area contributed by atoms with Crippen molar-refractivity contribution >= 4 is 27.9 Å². The number of hydrogen-bond acceptors (Lipinski definition) is 4. The smallest absolute Gasteiger partial charge is 0.330 e. The fourth-order valence-corrected chi connectivity index (χ4v) is 1.44. The summed E-state index contributed by atoms with van der Waals surface area (Å²) in [4.78, 5) is 11.3. The van der Waals surface area contributed by atoms with Gasteiger partial charge in [-0.1, -0.05) is 23.2 Å². The van der Waals surface area contributed by atoms with Crippen molar-refractivity contribution in [3.63, 3.8) is 0 Å². The largest absolute Gasteiger partial charge is 0.382 e. The highest BCUT2D eigenvalue weighted by atomic mass is 35.5. The Morgan fingerprint density at radius 3 is 2.60 bits per heavy atom. The van der Waals surface area contributed by atoms with Gasteiger partial charge in [0.1, 0.15) is 0 Å². The van der Waals surface area contributed by atoms with E-state index in [1.807, 2.05) is 0 Å². The lowest BCUT2D eigenvalue weighted by Gasteiger charge is -2.03. The molecule has 0 bridgehead atoms. The first-order valence-electron chi connectivity index (χ1n) is 3.82. The zero-order valence-electron chi connectivity index (χ0n) is 7.73. The summed E-state index contributed by atoms with van der Waals surface area (Å²) >= 11 is 5.68. The van der Waals surface area contributed by atoms with E-state index in [-0.39, 0.29) is 10.6 Å². The summed E-state index contributed by atoms with van der Waals surface area (Å²) < 4.78 is 25.0. The number of hydrogen-bond donors (Lipinski definition) is 1. The predicted octanol–water partition coefficient (Wildman–Crippen LogP) is 1.01. The monoisotopic (exact) mass is 249 g/mol. The van der Waals surface area contributed by atoms with E-state index in [1.165, 1.54) is 12.1 Å². The van der Waals surface area contributed by atoms with Crippen LogP contribution < -0.4 is 5.14 Å². The van der Waals surface area contributed by atoms with Gasteiger partial charge in [0, 0.05) is 0 Å². The van der Waals surface area contributed by atoms with Crippen LogP contribution >= 0.6 is 11.6 Å². The van der Waals surface area contributed by atoms with E-state index in [0.717, 1.165) is 5.56 Å². The van der Waals surface area contributed by atoms with Gasteiger partial charge in [-0.15, -0.1) is 0 Å². The molecule has 0 fully saturated rings. The maximum absolute atomic E-state index is 11.3. The third kappa shape index (κ3) is 3.50. The number of carbonyl (C=O) groups excluding carboxylic acids is 1. The molecule has 0 amide bonds. The quantitative estimate of drug-likeness (QED) is 0.847. The maximum atomic E-state index is 11.3. The molecule has 5 nitrogen and oxygen atoms in total. The lowest BCUT2D eigenvalue weighted by Crippen LogP contribution is -2.20. The van der Waals surface area contributed by atoms with E-state index in [4.69, 9.17) is 11.6 Å². The van der Waals surface area contributed by atoms with Crippen LogP contribution in [0.4, 0.5) is 0 Å². The van der Waals surface area contributed by atoms with Crippen LogP contribution in [0.3, 0.4) is 0 Å². The van der Waals surface area contributed by atoms with Gasteiger partial charge >= 0.3 is 16.3 Å². The second-order valence-electron chi connectivity index (χ2n) is 2.85. The second kappa shape index (κ2) is 4.18. The Bertz CT molecular complexity index is 497. The van der Waals surface area contributed by atoms with Crippen LogP contribution in [-0.4, -0.2) is 14.4 Å². The molecular weight excluding hydrogens is 242 g/mol. The van der Waals surface area contributed by atoms with Crippen LogP contribution in [0.1, 0.15) is 15.9 Å². The van der Waals surface area contributed by atoms with Crippen molar-refractivity contribution in [1.82, 2.24) is 0 Å². The molecule has 0 aromatic heterocycles. The molecule has 0 spiro atoms. The first-order chi connectivity index (χ1) is 6.79. The highest BCUT2D eigenvalue weighted by Crippen LogP contribution is 2.18. The van der Waals surface area contributed by atoms with Gasteiger partial charge in [-0.25, -0.2) is 4.79 Å².